The van der Waals surface area contributed by atoms with Crippen LogP contribution in [0.1, 0.15) is 51.8 Å². The summed E-state index contributed by atoms with van der Waals surface area (Å²) in [5.74, 6) is 0. The fourth-order valence-electron chi connectivity index (χ4n) is 4.20. The Labute approximate surface area is 162 Å². The molecule has 0 atom stereocenters. The lowest BCUT2D eigenvalue weighted by Crippen LogP contribution is -1.99. The summed E-state index contributed by atoms with van der Waals surface area (Å²) in [5, 5.41) is 0. The fourth-order valence-corrected chi connectivity index (χ4v) is 4.20. The van der Waals surface area contributed by atoms with Crippen LogP contribution in [0.25, 0.3) is 11.1 Å². The highest BCUT2D eigenvalue weighted by Crippen LogP contribution is 2.41. The van der Waals surface area contributed by atoms with Crippen molar-refractivity contribution < 1.29 is 0 Å². The molecule has 0 amide bonds. The van der Waals surface area contributed by atoms with Gasteiger partial charge in [0, 0.05) is 5.69 Å². The number of aryl methyl sites for hydroxylation is 3. The monoisotopic (exact) mass is 353 g/mol. The van der Waals surface area contributed by atoms with Crippen molar-refractivity contribution in [2.75, 3.05) is 5.73 Å². The zero-order valence-corrected chi connectivity index (χ0v) is 16.5. The first-order chi connectivity index (χ1) is 13.0. The van der Waals surface area contributed by atoms with E-state index in [1.807, 2.05) is 6.07 Å². The molecule has 0 bridgehead atoms. The first-order valence-corrected chi connectivity index (χ1v) is 9.80. The van der Waals surface area contributed by atoms with Crippen LogP contribution in [0.4, 0.5) is 5.69 Å². The Morgan fingerprint density at radius 3 is 2.33 bits per heavy atom. The summed E-state index contributed by atoms with van der Waals surface area (Å²) >= 11 is 0. The lowest BCUT2D eigenvalue weighted by atomic mass is 9.85. The molecule has 0 aliphatic heterocycles. The summed E-state index contributed by atoms with van der Waals surface area (Å²) in [6.45, 7) is 6.60. The number of rotatable bonds is 2. The van der Waals surface area contributed by atoms with Crippen LogP contribution in [0.5, 0.6) is 0 Å². The van der Waals surface area contributed by atoms with Crippen molar-refractivity contribution in [3.05, 3.63) is 99.6 Å². The smallest absolute Gasteiger partial charge is 0.0317 e. The van der Waals surface area contributed by atoms with E-state index in [4.69, 9.17) is 5.73 Å². The SMILES string of the molecule is Cc1ccc(C2=C(c3cccc(C)c3C)CCCc3cc(N)ccc32)cc1. The number of hydrogen-bond donors (Lipinski definition) is 1. The Kier molecular flexibility index (Phi) is 4.61. The third-order valence-electron chi connectivity index (χ3n) is 5.84. The van der Waals surface area contributed by atoms with Gasteiger partial charge in [-0.15, -0.1) is 0 Å². The van der Waals surface area contributed by atoms with E-state index >= 15 is 0 Å². The van der Waals surface area contributed by atoms with Gasteiger partial charge in [0.2, 0.25) is 0 Å². The summed E-state index contributed by atoms with van der Waals surface area (Å²) < 4.78 is 0. The Hall–Kier alpha value is -2.80. The first-order valence-electron chi connectivity index (χ1n) is 9.80. The van der Waals surface area contributed by atoms with Gasteiger partial charge < -0.3 is 5.73 Å². The van der Waals surface area contributed by atoms with E-state index in [9.17, 15) is 0 Å². The molecular formula is C26H27N. The lowest BCUT2D eigenvalue weighted by molar-refractivity contribution is 0.860. The molecule has 0 heterocycles. The minimum Gasteiger partial charge on any atom is -0.399 e. The molecule has 3 aromatic rings. The number of fused-ring (bicyclic) bond motifs is 1. The number of nitrogens with two attached hydrogens (primary N) is 1. The van der Waals surface area contributed by atoms with E-state index < -0.39 is 0 Å². The number of nitrogen functional groups attached to an aromatic ring is 1. The molecule has 0 aromatic heterocycles. The normalized spacial score (nSPS) is 14.0. The van der Waals surface area contributed by atoms with Crippen molar-refractivity contribution in [3.63, 3.8) is 0 Å². The van der Waals surface area contributed by atoms with Gasteiger partial charge in [0.15, 0.2) is 0 Å². The van der Waals surface area contributed by atoms with Gasteiger partial charge in [-0.2, -0.15) is 0 Å². The Morgan fingerprint density at radius 1 is 0.778 bits per heavy atom. The fraction of sp³-hybridized carbons (Fsp3) is 0.231. The van der Waals surface area contributed by atoms with Crippen molar-refractivity contribution in [2.24, 2.45) is 0 Å². The zero-order valence-electron chi connectivity index (χ0n) is 16.5. The van der Waals surface area contributed by atoms with Gasteiger partial charge >= 0.3 is 0 Å². The van der Waals surface area contributed by atoms with Crippen molar-refractivity contribution in [1.29, 1.82) is 0 Å². The maximum Gasteiger partial charge on any atom is 0.0317 e. The van der Waals surface area contributed by atoms with E-state index in [-0.39, 0.29) is 0 Å². The van der Waals surface area contributed by atoms with Crippen LogP contribution in [-0.2, 0) is 6.42 Å². The van der Waals surface area contributed by atoms with Crippen LogP contribution in [-0.4, -0.2) is 0 Å². The van der Waals surface area contributed by atoms with Crippen molar-refractivity contribution in [2.45, 2.75) is 40.0 Å². The number of anilines is 1. The molecule has 1 nitrogen and oxygen atoms in total. The predicted molar refractivity (Wildman–Crippen MR) is 117 cm³/mol. The van der Waals surface area contributed by atoms with Gasteiger partial charge in [0.1, 0.15) is 0 Å². The summed E-state index contributed by atoms with van der Waals surface area (Å²) in [6, 6.07) is 22.1. The molecule has 0 radical (unpaired) electrons. The maximum atomic E-state index is 6.11. The number of hydrogen-bond acceptors (Lipinski definition) is 1. The maximum absolute atomic E-state index is 6.11. The van der Waals surface area contributed by atoms with Gasteiger partial charge in [-0.25, -0.2) is 0 Å². The molecule has 1 aliphatic carbocycles. The molecular weight excluding hydrogens is 326 g/mol. The minimum absolute atomic E-state index is 0.854. The third-order valence-corrected chi connectivity index (χ3v) is 5.84. The highest BCUT2D eigenvalue weighted by molar-refractivity contribution is 6.00. The standard InChI is InChI=1S/C26H27N/c1-17-10-12-20(13-11-17)26-24-15-14-22(27)16-21(24)7-5-9-25(26)23-8-4-6-18(2)19(23)3/h4,6,8,10-16H,5,7,9,27H2,1-3H3. The first kappa shape index (κ1) is 17.6. The predicted octanol–water partition coefficient (Wildman–Crippen LogP) is 6.49. The molecule has 0 saturated carbocycles. The Morgan fingerprint density at radius 2 is 1.56 bits per heavy atom. The zero-order chi connectivity index (χ0) is 19.0. The molecule has 0 unspecified atom stereocenters. The minimum atomic E-state index is 0.854. The topological polar surface area (TPSA) is 26.0 Å². The summed E-state index contributed by atoms with van der Waals surface area (Å²) in [7, 11) is 0. The van der Waals surface area contributed by atoms with E-state index in [0.29, 0.717) is 0 Å². The summed E-state index contributed by atoms with van der Waals surface area (Å²) in [6.07, 6.45) is 3.31. The van der Waals surface area contributed by atoms with E-state index in [2.05, 4.69) is 75.4 Å². The molecule has 0 saturated heterocycles. The molecule has 1 heteroatoms. The van der Waals surface area contributed by atoms with Crippen LogP contribution in [0.3, 0.4) is 0 Å². The van der Waals surface area contributed by atoms with Gasteiger partial charge in [-0.05, 0) is 96.7 Å². The van der Waals surface area contributed by atoms with Crippen LogP contribution in [0, 0.1) is 20.8 Å². The second-order valence-corrected chi connectivity index (χ2v) is 7.74. The van der Waals surface area contributed by atoms with Crippen molar-refractivity contribution in [3.8, 4) is 0 Å². The van der Waals surface area contributed by atoms with E-state index in [1.54, 1.807) is 0 Å². The number of benzene rings is 3. The van der Waals surface area contributed by atoms with Gasteiger partial charge in [0.05, 0.1) is 0 Å². The molecule has 0 spiro atoms. The molecule has 0 fully saturated rings. The summed E-state index contributed by atoms with van der Waals surface area (Å²) in [5.41, 5.74) is 19.2. The molecule has 136 valence electrons. The van der Waals surface area contributed by atoms with Crippen LogP contribution >= 0.6 is 0 Å². The van der Waals surface area contributed by atoms with Crippen molar-refractivity contribution in [1.82, 2.24) is 0 Å². The largest absolute Gasteiger partial charge is 0.399 e. The molecule has 4 rings (SSSR count). The molecule has 27 heavy (non-hydrogen) atoms. The highest BCUT2D eigenvalue weighted by Gasteiger charge is 2.21. The molecule has 3 aromatic carbocycles. The highest BCUT2D eigenvalue weighted by atomic mass is 14.5. The number of allylic oxidation sites excluding steroid dienone is 1. The van der Waals surface area contributed by atoms with Crippen LogP contribution in [0.15, 0.2) is 60.7 Å². The van der Waals surface area contributed by atoms with E-state index in [0.717, 1.165) is 24.9 Å². The second-order valence-electron chi connectivity index (χ2n) is 7.74. The second kappa shape index (κ2) is 7.08. The Bertz CT molecular complexity index is 1020. The Balaban J connectivity index is 2.05. The quantitative estimate of drug-likeness (QED) is 0.524. The van der Waals surface area contributed by atoms with Gasteiger partial charge in [-0.3, -0.25) is 0 Å². The molecule has 2 N–H and O–H groups in total. The lowest BCUT2D eigenvalue weighted by Gasteiger charge is -2.19. The van der Waals surface area contributed by atoms with Crippen LogP contribution in [0.2, 0.25) is 0 Å². The van der Waals surface area contributed by atoms with E-state index in [1.165, 1.54) is 50.1 Å². The van der Waals surface area contributed by atoms with Crippen LogP contribution < -0.4 is 5.73 Å². The average Bonchev–Trinajstić information content (AvgIpc) is 2.84. The average molecular weight is 354 g/mol. The van der Waals surface area contributed by atoms with Crippen molar-refractivity contribution >= 4 is 16.8 Å². The summed E-state index contributed by atoms with van der Waals surface area (Å²) in [4.78, 5) is 0. The van der Waals surface area contributed by atoms with Gasteiger partial charge in [-0.1, -0.05) is 54.1 Å². The third kappa shape index (κ3) is 3.30. The molecule has 1 aliphatic rings. The van der Waals surface area contributed by atoms with Gasteiger partial charge in [0.25, 0.3) is 0 Å².